The van der Waals surface area contributed by atoms with Crippen molar-refractivity contribution in [2.45, 2.75) is 19.3 Å². The van der Waals surface area contributed by atoms with Crippen molar-refractivity contribution in [1.82, 2.24) is 24.7 Å². The van der Waals surface area contributed by atoms with Crippen LogP contribution in [0.1, 0.15) is 27.2 Å². The summed E-state index contributed by atoms with van der Waals surface area (Å²) in [5.74, 6) is -1.02. The SMILES string of the molecule is O=C(c1c[nH]c(-c2nc3c(F)cc(N4CCn5nccc5C4)cc3[nH]2)c1)c1ccccc1C(F)(F)F. The number of hydrogen-bond donors (Lipinski definition) is 2. The largest absolute Gasteiger partial charge is 0.417 e. The minimum atomic E-state index is -4.66. The van der Waals surface area contributed by atoms with Gasteiger partial charge in [0.2, 0.25) is 0 Å². The molecule has 0 atom stereocenters. The van der Waals surface area contributed by atoms with Crippen molar-refractivity contribution in [3.63, 3.8) is 0 Å². The Morgan fingerprint density at radius 3 is 2.72 bits per heavy atom. The number of fused-ring (bicyclic) bond motifs is 2. The van der Waals surface area contributed by atoms with Gasteiger partial charge in [0.15, 0.2) is 17.4 Å². The molecule has 182 valence electrons. The van der Waals surface area contributed by atoms with Crippen molar-refractivity contribution in [3.8, 4) is 11.5 Å². The summed E-state index contributed by atoms with van der Waals surface area (Å²) in [5.41, 5.74) is 1.24. The third kappa shape index (κ3) is 3.72. The van der Waals surface area contributed by atoms with E-state index in [9.17, 15) is 22.4 Å². The molecule has 0 saturated carbocycles. The van der Waals surface area contributed by atoms with Gasteiger partial charge in [0.05, 0.1) is 35.6 Å². The molecule has 0 bridgehead atoms. The van der Waals surface area contributed by atoms with Gasteiger partial charge in [-0.25, -0.2) is 9.37 Å². The van der Waals surface area contributed by atoms with Gasteiger partial charge in [-0.05, 0) is 30.3 Å². The number of halogens is 4. The topological polar surface area (TPSA) is 82.6 Å². The van der Waals surface area contributed by atoms with Gasteiger partial charge in [-0.1, -0.05) is 18.2 Å². The molecule has 0 fully saturated rings. The molecule has 0 radical (unpaired) electrons. The van der Waals surface area contributed by atoms with Crippen LogP contribution in [0, 0.1) is 5.82 Å². The monoisotopic (exact) mass is 494 g/mol. The Labute approximate surface area is 201 Å². The van der Waals surface area contributed by atoms with Crippen LogP contribution < -0.4 is 4.90 Å². The number of benzene rings is 2. The van der Waals surface area contributed by atoms with Crippen LogP contribution in [-0.2, 0) is 19.3 Å². The van der Waals surface area contributed by atoms with Crippen LogP contribution in [0.15, 0.2) is 60.9 Å². The zero-order chi connectivity index (χ0) is 25.0. The average Bonchev–Trinajstić information content (AvgIpc) is 3.61. The highest BCUT2D eigenvalue weighted by atomic mass is 19.4. The molecule has 1 aliphatic heterocycles. The summed E-state index contributed by atoms with van der Waals surface area (Å²) < 4.78 is 57.0. The molecule has 1 aliphatic rings. The van der Waals surface area contributed by atoms with E-state index in [0.29, 0.717) is 36.5 Å². The summed E-state index contributed by atoms with van der Waals surface area (Å²) in [6, 6.07) is 11.2. The van der Waals surface area contributed by atoms with Crippen molar-refractivity contribution in [1.29, 1.82) is 0 Å². The van der Waals surface area contributed by atoms with Gasteiger partial charge in [0.1, 0.15) is 5.52 Å². The lowest BCUT2D eigenvalue weighted by Gasteiger charge is -2.29. The van der Waals surface area contributed by atoms with Crippen LogP contribution in [-0.4, -0.2) is 37.1 Å². The number of carbonyl (C=O) groups excluding carboxylic acids is 1. The number of anilines is 1. The first kappa shape index (κ1) is 22.1. The number of aromatic amines is 2. The quantitative estimate of drug-likeness (QED) is 0.267. The number of rotatable bonds is 4. The molecule has 0 spiro atoms. The van der Waals surface area contributed by atoms with E-state index in [-0.39, 0.29) is 16.9 Å². The van der Waals surface area contributed by atoms with Crippen LogP contribution in [0.25, 0.3) is 22.6 Å². The van der Waals surface area contributed by atoms with Crippen LogP contribution in [0.5, 0.6) is 0 Å². The predicted molar refractivity (Wildman–Crippen MR) is 124 cm³/mol. The van der Waals surface area contributed by atoms with Crippen molar-refractivity contribution in [2.24, 2.45) is 0 Å². The smallest absolute Gasteiger partial charge is 0.364 e. The van der Waals surface area contributed by atoms with Gasteiger partial charge in [-0.3, -0.25) is 9.48 Å². The Bertz CT molecular complexity index is 1610. The molecule has 0 amide bonds. The van der Waals surface area contributed by atoms with Gasteiger partial charge in [-0.15, -0.1) is 0 Å². The zero-order valence-electron chi connectivity index (χ0n) is 18.6. The molecule has 6 rings (SSSR count). The Kier molecular flexibility index (Phi) is 4.95. The summed E-state index contributed by atoms with van der Waals surface area (Å²) >= 11 is 0. The number of aromatic nitrogens is 5. The van der Waals surface area contributed by atoms with Crippen LogP contribution in [0.4, 0.5) is 23.2 Å². The number of ketones is 1. The predicted octanol–water partition coefficient (Wildman–Crippen LogP) is 5.16. The lowest BCUT2D eigenvalue weighted by atomic mass is 9.99. The summed E-state index contributed by atoms with van der Waals surface area (Å²) in [6.07, 6.45) is -1.61. The van der Waals surface area contributed by atoms with E-state index in [0.717, 1.165) is 17.8 Å². The molecular formula is C25H18F4N6O. The number of carbonyl (C=O) groups is 1. The summed E-state index contributed by atoms with van der Waals surface area (Å²) in [6.45, 7) is 1.95. The van der Waals surface area contributed by atoms with Crippen molar-refractivity contribution < 1.29 is 22.4 Å². The molecule has 2 aromatic carbocycles. The molecule has 7 nitrogen and oxygen atoms in total. The van der Waals surface area contributed by atoms with E-state index in [2.05, 4.69) is 20.1 Å². The Morgan fingerprint density at radius 2 is 1.89 bits per heavy atom. The average molecular weight is 494 g/mol. The molecule has 4 heterocycles. The molecule has 11 heteroatoms. The van der Waals surface area contributed by atoms with Crippen molar-refractivity contribution in [2.75, 3.05) is 11.4 Å². The minimum absolute atomic E-state index is 0.0354. The summed E-state index contributed by atoms with van der Waals surface area (Å²) in [5, 5.41) is 4.26. The lowest BCUT2D eigenvalue weighted by Crippen LogP contribution is -2.33. The highest BCUT2D eigenvalue weighted by molar-refractivity contribution is 6.10. The van der Waals surface area contributed by atoms with Crippen LogP contribution in [0.2, 0.25) is 0 Å². The van der Waals surface area contributed by atoms with Gasteiger partial charge in [0.25, 0.3) is 0 Å². The van der Waals surface area contributed by atoms with E-state index < -0.39 is 28.9 Å². The zero-order valence-corrected chi connectivity index (χ0v) is 18.6. The van der Waals surface area contributed by atoms with E-state index in [1.54, 1.807) is 12.3 Å². The third-order valence-electron chi connectivity index (χ3n) is 6.31. The molecule has 36 heavy (non-hydrogen) atoms. The molecule has 0 saturated heterocycles. The third-order valence-corrected chi connectivity index (χ3v) is 6.31. The van der Waals surface area contributed by atoms with Gasteiger partial charge in [-0.2, -0.15) is 18.3 Å². The van der Waals surface area contributed by atoms with Gasteiger partial charge >= 0.3 is 6.18 Å². The molecular weight excluding hydrogens is 476 g/mol. The molecule has 0 aliphatic carbocycles. The van der Waals surface area contributed by atoms with E-state index >= 15 is 0 Å². The molecule has 5 aromatic rings. The number of imidazole rings is 1. The maximum absolute atomic E-state index is 15.0. The fraction of sp³-hybridized carbons (Fsp3) is 0.160. The molecule has 3 aromatic heterocycles. The number of H-pyrrole nitrogens is 2. The van der Waals surface area contributed by atoms with E-state index in [1.165, 1.54) is 30.5 Å². The fourth-order valence-electron chi connectivity index (χ4n) is 4.52. The molecule has 0 unspecified atom stereocenters. The Morgan fingerprint density at radius 1 is 1.06 bits per heavy atom. The summed E-state index contributed by atoms with van der Waals surface area (Å²) in [4.78, 5) is 25.1. The number of nitrogens with zero attached hydrogens (tertiary/aromatic N) is 4. The minimum Gasteiger partial charge on any atom is -0.364 e. The van der Waals surface area contributed by atoms with Gasteiger partial charge < -0.3 is 14.9 Å². The van der Waals surface area contributed by atoms with Crippen LogP contribution in [0.3, 0.4) is 0 Å². The van der Waals surface area contributed by atoms with E-state index in [1.807, 2.05) is 15.6 Å². The van der Waals surface area contributed by atoms with Crippen LogP contribution >= 0.6 is 0 Å². The number of nitrogens with one attached hydrogen (secondary N) is 2. The molecule has 2 N–H and O–H groups in total. The number of hydrogen-bond acceptors (Lipinski definition) is 4. The maximum Gasteiger partial charge on any atom is 0.417 e. The standard InChI is InChI=1S/C25H18F4N6O/c26-19-10-16(34-7-8-35-15(13-34)5-6-31-35)11-20-22(19)33-24(32-20)21-9-14(12-30-21)23(36)17-3-1-2-4-18(17)25(27,28)29/h1-6,9-12,30H,7-8,13H2,(H,32,33). The van der Waals surface area contributed by atoms with E-state index in [4.69, 9.17) is 0 Å². The Hall–Kier alpha value is -4.41. The first-order valence-corrected chi connectivity index (χ1v) is 11.1. The summed E-state index contributed by atoms with van der Waals surface area (Å²) in [7, 11) is 0. The first-order chi connectivity index (χ1) is 17.3. The fourth-order valence-corrected chi connectivity index (χ4v) is 4.52. The maximum atomic E-state index is 15.0. The Balaban J connectivity index is 1.31. The normalized spacial score (nSPS) is 13.8. The van der Waals surface area contributed by atoms with Crippen molar-refractivity contribution in [3.05, 3.63) is 89.1 Å². The highest BCUT2D eigenvalue weighted by Gasteiger charge is 2.35. The second-order valence-electron chi connectivity index (χ2n) is 8.55. The lowest BCUT2D eigenvalue weighted by molar-refractivity contribution is -0.137. The first-order valence-electron chi connectivity index (χ1n) is 11.1. The highest BCUT2D eigenvalue weighted by Crippen LogP contribution is 2.34. The number of alkyl halides is 3. The second kappa shape index (κ2) is 8.08. The van der Waals surface area contributed by atoms with Crippen molar-refractivity contribution >= 4 is 22.5 Å². The van der Waals surface area contributed by atoms with Gasteiger partial charge in [0, 0.05) is 35.8 Å². The second-order valence-corrected chi connectivity index (χ2v) is 8.55.